The van der Waals surface area contributed by atoms with Gasteiger partial charge in [-0.1, -0.05) is 23.7 Å². The molecule has 2 heterocycles. The summed E-state index contributed by atoms with van der Waals surface area (Å²) in [5, 5.41) is 0.665. The minimum Gasteiger partial charge on any atom is -0.368 e. The normalized spacial score (nSPS) is 20.8. The number of benzene rings is 2. The van der Waals surface area contributed by atoms with E-state index in [9.17, 15) is 14.0 Å². The van der Waals surface area contributed by atoms with Gasteiger partial charge in [0.2, 0.25) is 11.8 Å². The van der Waals surface area contributed by atoms with Gasteiger partial charge >= 0.3 is 0 Å². The zero-order valence-corrected chi connectivity index (χ0v) is 27.6. The van der Waals surface area contributed by atoms with Gasteiger partial charge in [0, 0.05) is 79.8 Å². The molecular formula is C34H47ClF2N4O2. The molecule has 3 atom stereocenters. The van der Waals surface area contributed by atoms with Crippen molar-refractivity contribution < 1.29 is 18.4 Å². The number of carbonyl (C=O) groups excluding carboxylic acids is 2. The van der Waals surface area contributed by atoms with Gasteiger partial charge in [0.15, 0.2) is 0 Å². The van der Waals surface area contributed by atoms with Crippen molar-refractivity contribution in [2.75, 3.05) is 44.2 Å². The van der Waals surface area contributed by atoms with Gasteiger partial charge in [-0.15, -0.1) is 0 Å². The van der Waals surface area contributed by atoms with E-state index in [1.165, 1.54) is 12.1 Å². The van der Waals surface area contributed by atoms with Crippen LogP contribution in [-0.2, 0) is 9.59 Å². The molecule has 2 amide bonds. The highest BCUT2D eigenvalue weighted by Gasteiger charge is 2.41. The molecule has 2 aromatic rings. The fourth-order valence-corrected chi connectivity index (χ4v) is 7.07. The molecule has 0 N–H and O–H groups in total. The third-order valence-corrected chi connectivity index (χ3v) is 9.68. The number of halogens is 3. The lowest BCUT2D eigenvalue weighted by Gasteiger charge is -2.46. The molecule has 0 aliphatic carbocycles. The Bertz CT molecular complexity index is 1340. The molecule has 0 bridgehead atoms. The molecular weight excluding hydrogens is 570 g/mol. The van der Waals surface area contributed by atoms with Crippen LogP contribution in [0.1, 0.15) is 83.5 Å². The van der Waals surface area contributed by atoms with E-state index in [-0.39, 0.29) is 41.3 Å². The molecule has 0 radical (unpaired) electrons. The van der Waals surface area contributed by atoms with Crippen LogP contribution in [0.3, 0.4) is 0 Å². The summed E-state index contributed by atoms with van der Waals surface area (Å²) in [5.41, 5.74) is 3.24. The number of hydrogen-bond acceptors (Lipinski definition) is 4. The van der Waals surface area contributed by atoms with Gasteiger partial charge in [-0.2, -0.15) is 0 Å². The fourth-order valence-electron chi connectivity index (χ4n) is 6.91. The van der Waals surface area contributed by atoms with E-state index in [0.717, 1.165) is 29.4 Å². The van der Waals surface area contributed by atoms with Crippen LogP contribution in [0.5, 0.6) is 0 Å². The second-order valence-electron chi connectivity index (χ2n) is 13.5. The van der Waals surface area contributed by atoms with Crippen LogP contribution in [0.2, 0.25) is 5.02 Å². The maximum absolute atomic E-state index is 15.1. The molecule has 0 saturated carbocycles. The van der Waals surface area contributed by atoms with Crippen LogP contribution in [-0.4, -0.2) is 77.4 Å². The zero-order valence-electron chi connectivity index (χ0n) is 26.9. The van der Waals surface area contributed by atoms with Crippen molar-refractivity contribution in [1.82, 2.24) is 14.7 Å². The molecule has 2 fully saturated rings. The highest BCUT2D eigenvalue weighted by molar-refractivity contribution is 6.31. The number of piperazine rings is 1. The predicted octanol–water partition coefficient (Wildman–Crippen LogP) is 6.80. The van der Waals surface area contributed by atoms with Crippen LogP contribution in [0.25, 0.3) is 0 Å². The molecule has 4 rings (SSSR count). The first kappa shape index (κ1) is 33.2. The summed E-state index contributed by atoms with van der Waals surface area (Å²) in [6.07, 6.45) is 0.614. The van der Waals surface area contributed by atoms with Crippen molar-refractivity contribution >= 4 is 29.1 Å². The zero-order chi connectivity index (χ0) is 31.8. The third-order valence-electron chi connectivity index (χ3n) is 9.27. The first-order valence-corrected chi connectivity index (χ1v) is 15.8. The summed E-state index contributed by atoms with van der Waals surface area (Å²) in [6.45, 7) is 19.6. The minimum absolute atomic E-state index is 0.0149. The van der Waals surface area contributed by atoms with Crippen LogP contribution < -0.4 is 4.90 Å². The maximum Gasteiger partial charge on any atom is 0.226 e. The van der Waals surface area contributed by atoms with Crippen LogP contribution in [0.4, 0.5) is 14.5 Å². The second kappa shape index (κ2) is 13.1. The van der Waals surface area contributed by atoms with E-state index in [1.807, 2.05) is 43.6 Å². The van der Waals surface area contributed by atoms with Crippen LogP contribution in [0, 0.1) is 24.5 Å². The van der Waals surface area contributed by atoms with Gasteiger partial charge in [-0.25, -0.2) is 8.78 Å². The molecule has 0 spiro atoms. The lowest BCUT2D eigenvalue weighted by Crippen LogP contribution is -2.55. The number of anilines is 1. The molecule has 2 aromatic carbocycles. The summed E-state index contributed by atoms with van der Waals surface area (Å²) in [6, 6.07) is 7.65. The maximum atomic E-state index is 15.1. The summed E-state index contributed by atoms with van der Waals surface area (Å²) in [5.74, 6) is -1.92. The van der Waals surface area contributed by atoms with E-state index in [0.29, 0.717) is 49.7 Å². The average Bonchev–Trinajstić information content (AvgIpc) is 2.93. The summed E-state index contributed by atoms with van der Waals surface area (Å²) >= 11 is 6.61. The van der Waals surface area contributed by atoms with Crippen molar-refractivity contribution in [2.24, 2.45) is 5.92 Å². The van der Waals surface area contributed by atoms with E-state index < -0.39 is 11.6 Å². The van der Waals surface area contributed by atoms with E-state index in [1.54, 1.807) is 6.92 Å². The lowest BCUT2D eigenvalue weighted by atomic mass is 9.78. The quantitative estimate of drug-likeness (QED) is 0.358. The van der Waals surface area contributed by atoms with Crippen molar-refractivity contribution in [3.63, 3.8) is 0 Å². The summed E-state index contributed by atoms with van der Waals surface area (Å²) in [4.78, 5) is 34.9. The Hall–Kier alpha value is -2.71. The Labute approximate surface area is 261 Å². The number of amides is 2. The molecule has 0 aromatic heterocycles. The highest BCUT2D eigenvalue weighted by atomic mass is 35.5. The van der Waals surface area contributed by atoms with Crippen molar-refractivity contribution in [1.29, 1.82) is 0 Å². The van der Waals surface area contributed by atoms with Gasteiger partial charge in [0.05, 0.1) is 6.04 Å². The van der Waals surface area contributed by atoms with Crippen molar-refractivity contribution in [3.05, 3.63) is 63.7 Å². The van der Waals surface area contributed by atoms with Crippen LogP contribution >= 0.6 is 11.6 Å². The van der Waals surface area contributed by atoms with Crippen molar-refractivity contribution in [3.8, 4) is 0 Å². The van der Waals surface area contributed by atoms with E-state index in [4.69, 9.17) is 11.6 Å². The number of piperidine rings is 1. The van der Waals surface area contributed by atoms with Gasteiger partial charge in [0.25, 0.3) is 0 Å². The van der Waals surface area contributed by atoms with Gasteiger partial charge in [0.1, 0.15) is 11.6 Å². The Morgan fingerprint density at radius 1 is 1.00 bits per heavy atom. The molecule has 43 heavy (non-hydrogen) atoms. The molecule has 236 valence electrons. The molecule has 1 unspecified atom stereocenters. The van der Waals surface area contributed by atoms with E-state index in [2.05, 4.69) is 36.6 Å². The van der Waals surface area contributed by atoms with Crippen molar-refractivity contribution in [2.45, 2.75) is 85.4 Å². The van der Waals surface area contributed by atoms with Gasteiger partial charge in [-0.3, -0.25) is 14.5 Å². The van der Waals surface area contributed by atoms with Gasteiger partial charge in [-0.05, 0) is 90.3 Å². The lowest BCUT2D eigenvalue weighted by molar-refractivity contribution is -0.139. The first-order valence-electron chi connectivity index (χ1n) is 15.4. The SMILES string of the molecule is CC(=O)N(C(C)C)[C@H](C)c1cc(C)c(Cl)cc1N1CCN(C(=O)C2CCN(C(C)(C)C)C[C@H]2c2ccc(F)cc2F)CC1. The van der Waals surface area contributed by atoms with E-state index >= 15 is 4.39 Å². The third kappa shape index (κ3) is 7.17. The number of rotatable bonds is 6. The van der Waals surface area contributed by atoms with Crippen LogP contribution in [0.15, 0.2) is 30.3 Å². The molecule has 2 aliphatic rings. The average molecular weight is 617 g/mol. The molecule has 2 aliphatic heterocycles. The predicted molar refractivity (Wildman–Crippen MR) is 170 cm³/mol. The standard InChI is InChI=1S/C34H47ClF2N4O2/c1-21(2)41(24(5)42)23(4)28-17-22(3)30(35)19-32(28)38-13-15-39(16-14-38)33(43)27-11-12-40(34(6,7)8)20-29(27)26-10-9-25(36)18-31(26)37/h9-10,17-19,21,23,27,29H,11-16,20H2,1-8H3/t23-,27?,29+/m1/s1. The Kier molecular flexibility index (Phi) is 10.1. The number of hydrogen-bond donors (Lipinski definition) is 0. The Balaban J connectivity index is 1.56. The number of likely N-dealkylation sites (tertiary alicyclic amines) is 1. The van der Waals surface area contributed by atoms with Gasteiger partial charge < -0.3 is 14.7 Å². The largest absolute Gasteiger partial charge is 0.368 e. The Morgan fingerprint density at radius 3 is 2.21 bits per heavy atom. The first-order chi connectivity index (χ1) is 20.1. The summed E-state index contributed by atoms with van der Waals surface area (Å²) in [7, 11) is 0. The molecule has 9 heteroatoms. The number of aryl methyl sites for hydroxylation is 1. The summed E-state index contributed by atoms with van der Waals surface area (Å²) < 4.78 is 28.9. The topological polar surface area (TPSA) is 47.1 Å². The minimum atomic E-state index is -0.617. The second-order valence-corrected chi connectivity index (χ2v) is 13.9. The fraction of sp³-hybridized carbons (Fsp3) is 0.588. The Morgan fingerprint density at radius 2 is 1.65 bits per heavy atom. The monoisotopic (exact) mass is 616 g/mol. The smallest absolute Gasteiger partial charge is 0.226 e. The number of nitrogens with zero attached hydrogens (tertiary/aromatic N) is 4. The highest BCUT2D eigenvalue weighted by Crippen LogP contribution is 2.39. The number of carbonyl (C=O) groups is 2. The molecule has 2 saturated heterocycles. The molecule has 6 nitrogen and oxygen atoms in total.